The number of nitrogens with zero attached hydrogens (tertiary/aromatic N) is 2. The van der Waals surface area contributed by atoms with Gasteiger partial charge in [-0.15, -0.1) is 0 Å². The minimum Gasteiger partial charge on any atom is -0.490 e. The molecule has 210 valence electrons. The van der Waals surface area contributed by atoms with Gasteiger partial charge >= 0.3 is 5.97 Å². The maximum absolute atomic E-state index is 13.8. The number of allylic oxidation sites excluding steroid dienone is 1. The Labute approximate surface area is 246 Å². The Balaban J connectivity index is 1.55. The second-order valence-corrected chi connectivity index (χ2v) is 10.6. The smallest absolute Gasteiger partial charge is 0.338 e. The molecular formula is C32H29ClN2O5S. The second kappa shape index (κ2) is 12.6. The van der Waals surface area contributed by atoms with Crippen molar-refractivity contribution in [2.45, 2.75) is 33.4 Å². The van der Waals surface area contributed by atoms with Gasteiger partial charge < -0.3 is 14.2 Å². The molecule has 0 bridgehead atoms. The van der Waals surface area contributed by atoms with Crippen molar-refractivity contribution in [2.75, 3.05) is 13.2 Å². The molecule has 7 nitrogen and oxygen atoms in total. The second-order valence-electron chi connectivity index (χ2n) is 9.23. The van der Waals surface area contributed by atoms with E-state index in [4.69, 9.17) is 25.8 Å². The fourth-order valence-corrected chi connectivity index (χ4v) is 5.90. The van der Waals surface area contributed by atoms with Crippen molar-refractivity contribution >= 4 is 35.0 Å². The molecule has 1 aliphatic rings. The molecule has 1 aliphatic heterocycles. The van der Waals surface area contributed by atoms with Gasteiger partial charge in [0.15, 0.2) is 16.3 Å². The first kappa shape index (κ1) is 28.4. The van der Waals surface area contributed by atoms with Crippen molar-refractivity contribution in [3.63, 3.8) is 0 Å². The minimum atomic E-state index is -0.645. The van der Waals surface area contributed by atoms with Crippen molar-refractivity contribution < 1.29 is 19.0 Å². The Bertz CT molecular complexity index is 1790. The van der Waals surface area contributed by atoms with Gasteiger partial charge in [-0.3, -0.25) is 9.36 Å². The van der Waals surface area contributed by atoms with Gasteiger partial charge in [0.2, 0.25) is 0 Å². The topological polar surface area (TPSA) is 79.1 Å². The summed E-state index contributed by atoms with van der Waals surface area (Å²) in [5, 5.41) is 0.632. The summed E-state index contributed by atoms with van der Waals surface area (Å²) in [5.74, 6) is 0.651. The van der Waals surface area contributed by atoms with E-state index in [-0.39, 0.29) is 12.2 Å². The fraction of sp³-hybridized carbons (Fsp3) is 0.219. The fourth-order valence-electron chi connectivity index (χ4n) is 4.67. The largest absolute Gasteiger partial charge is 0.490 e. The van der Waals surface area contributed by atoms with Gasteiger partial charge in [-0.05, 0) is 56.2 Å². The number of carbonyl (C=O) groups excluding carboxylic acids is 1. The Morgan fingerprint density at radius 2 is 1.76 bits per heavy atom. The molecule has 41 heavy (non-hydrogen) atoms. The van der Waals surface area contributed by atoms with Gasteiger partial charge in [-0.2, -0.15) is 0 Å². The summed E-state index contributed by atoms with van der Waals surface area (Å²) >= 11 is 7.56. The third-order valence-corrected chi connectivity index (χ3v) is 7.89. The van der Waals surface area contributed by atoms with E-state index in [1.54, 1.807) is 24.5 Å². The number of benzene rings is 3. The summed E-state index contributed by atoms with van der Waals surface area (Å²) in [5.41, 5.74) is 3.08. The van der Waals surface area contributed by atoms with E-state index in [9.17, 15) is 9.59 Å². The Hall–Kier alpha value is -4.14. The van der Waals surface area contributed by atoms with Crippen molar-refractivity contribution in [1.82, 2.24) is 4.57 Å². The van der Waals surface area contributed by atoms with Crippen LogP contribution in [-0.2, 0) is 16.1 Å². The number of thiazole rings is 1. The van der Waals surface area contributed by atoms with Crippen molar-refractivity contribution in [3.8, 4) is 11.5 Å². The van der Waals surface area contributed by atoms with E-state index in [0.717, 1.165) is 16.7 Å². The molecule has 0 fully saturated rings. The number of fused-ring (bicyclic) bond motifs is 1. The third kappa shape index (κ3) is 5.99. The molecular weight excluding hydrogens is 560 g/mol. The van der Waals surface area contributed by atoms with Crippen LogP contribution in [0.2, 0.25) is 5.02 Å². The van der Waals surface area contributed by atoms with Gasteiger partial charge in [0.25, 0.3) is 5.56 Å². The molecule has 0 N–H and O–H groups in total. The predicted octanol–water partition coefficient (Wildman–Crippen LogP) is 5.43. The number of ether oxygens (including phenoxy) is 3. The van der Waals surface area contributed by atoms with Crippen LogP contribution in [0.25, 0.3) is 6.08 Å². The summed E-state index contributed by atoms with van der Waals surface area (Å²) in [6, 6.07) is 21.9. The maximum atomic E-state index is 13.8. The zero-order chi connectivity index (χ0) is 28.9. The monoisotopic (exact) mass is 588 g/mol. The van der Waals surface area contributed by atoms with E-state index in [2.05, 4.69) is 4.99 Å². The average Bonchev–Trinajstić information content (AvgIpc) is 3.27. The van der Waals surface area contributed by atoms with E-state index in [1.807, 2.05) is 79.7 Å². The molecule has 2 heterocycles. The van der Waals surface area contributed by atoms with E-state index >= 15 is 0 Å². The molecule has 1 atom stereocenters. The molecule has 0 unspecified atom stereocenters. The molecule has 3 aromatic carbocycles. The van der Waals surface area contributed by atoms with Crippen LogP contribution in [0.5, 0.6) is 11.5 Å². The molecule has 0 saturated heterocycles. The number of halogens is 1. The molecule has 0 spiro atoms. The van der Waals surface area contributed by atoms with Crippen LogP contribution in [0.4, 0.5) is 0 Å². The first-order valence-corrected chi connectivity index (χ1v) is 14.5. The lowest BCUT2D eigenvalue weighted by Gasteiger charge is -2.24. The maximum Gasteiger partial charge on any atom is 0.338 e. The normalized spacial score (nSPS) is 14.8. The molecule has 5 rings (SSSR count). The summed E-state index contributed by atoms with van der Waals surface area (Å²) in [6.45, 7) is 6.39. The summed E-state index contributed by atoms with van der Waals surface area (Å²) in [6.07, 6.45) is 1.80. The number of rotatable bonds is 9. The first-order valence-electron chi connectivity index (χ1n) is 13.3. The Kier molecular flexibility index (Phi) is 8.71. The number of hydrogen-bond donors (Lipinski definition) is 0. The standard InChI is InChI=1S/C32H29ClN2O5S/c1-4-38-26-17-21(15-16-25(26)40-19-23-13-9-10-14-24(23)33)18-27-30(36)35-29(22-11-7-6-8-12-22)28(31(37)39-5-2)20(3)34-32(35)41-27/h6-18,29H,4-5,19H2,1-3H3/b27-18+/t29-/m1/s1. The van der Waals surface area contributed by atoms with Crippen LogP contribution in [0.15, 0.2) is 93.9 Å². The zero-order valence-electron chi connectivity index (χ0n) is 22.9. The highest BCUT2D eigenvalue weighted by molar-refractivity contribution is 7.07. The third-order valence-electron chi connectivity index (χ3n) is 6.54. The molecule has 0 saturated carbocycles. The van der Waals surface area contributed by atoms with Crippen molar-refractivity contribution in [1.29, 1.82) is 0 Å². The highest BCUT2D eigenvalue weighted by atomic mass is 35.5. The van der Waals surface area contributed by atoms with E-state index in [0.29, 0.717) is 50.3 Å². The van der Waals surface area contributed by atoms with Crippen LogP contribution < -0.4 is 24.4 Å². The van der Waals surface area contributed by atoms with Crippen molar-refractivity contribution in [2.24, 2.45) is 4.99 Å². The van der Waals surface area contributed by atoms with E-state index < -0.39 is 12.0 Å². The highest BCUT2D eigenvalue weighted by Gasteiger charge is 2.33. The molecule has 4 aromatic rings. The van der Waals surface area contributed by atoms with Crippen molar-refractivity contribution in [3.05, 3.63) is 125 Å². The number of esters is 1. The van der Waals surface area contributed by atoms with Gasteiger partial charge in [0.05, 0.1) is 35.1 Å². The van der Waals surface area contributed by atoms with Crippen LogP contribution in [-0.4, -0.2) is 23.8 Å². The summed E-state index contributed by atoms with van der Waals surface area (Å²) < 4.78 is 19.3. The van der Waals surface area contributed by atoms with Gasteiger partial charge in [0.1, 0.15) is 6.61 Å². The SMILES string of the molecule is CCOC(=O)C1=C(C)N=c2s/c(=C/c3ccc(OCc4ccccc4Cl)c(OCC)c3)c(=O)n2[C@@H]1c1ccccc1. The Morgan fingerprint density at radius 3 is 2.49 bits per heavy atom. The Morgan fingerprint density at radius 1 is 1.00 bits per heavy atom. The molecule has 0 aliphatic carbocycles. The average molecular weight is 589 g/mol. The van der Waals surface area contributed by atoms with Gasteiger partial charge in [0, 0.05) is 10.6 Å². The lowest BCUT2D eigenvalue weighted by molar-refractivity contribution is -0.139. The number of hydrogen-bond acceptors (Lipinski definition) is 7. The summed E-state index contributed by atoms with van der Waals surface area (Å²) in [7, 11) is 0. The van der Waals surface area contributed by atoms with E-state index in [1.165, 1.54) is 11.3 Å². The lowest BCUT2D eigenvalue weighted by atomic mass is 9.96. The highest BCUT2D eigenvalue weighted by Crippen LogP contribution is 2.32. The number of carbonyl (C=O) groups is 1. The molecule has 1 aromatic heterocycles. The zero-order valence-corrected chi connectivity index (χ0v) is 24.5. The van der Waals surface area contributed by atoms with Crippen LogP contribution in [0, 0.1) is 0 Å². The lowest BCUT2D eigenvalue weighted by Crippen LogP contribution is -2.39. The molecule has 9 heteroatoms. The quantitative estimate of drug-likeness (QED) is 0.244. The van der Waals surface area contributed by atoms with Gasteiger partial charge in [-0.25, -0.2) is 9.79 Å². The minimum absolute atomic E-state index is 0.224. The van der Waals surface area contributed by atoms with Gasteiger partial charge in [-0.1, -0.05) is 77.5 Å². The number of aromatic nitrogens is 1. The van der Waals surface area contributed by atoms with Crippen LogP contribution >= 0.6 is 22.9 Å². The van der Waals surface area contributed by atoms with Crippen LogP contribution in [0.3, 0.4) is 0 Å². The molecule has 0 radical (unpaired) electrons. The summed E-state index contributed by atoms with van der Waals surface area (Å²) in [4.78, 5) is 32.0. The van der Waals surface area contributed by atoms with Crippen LogP contribution in [0.1, 0.15) is 43.5 Å². The first-order chi connectivity index (χ1) is 19.9. The predicted molar refractivity (Wildman–Crippen MR) is 160 cm³/mol. The molecule has 0 amide bonds.